The Kier molecular flexibility index (Phi) is 10.7. The van der Waals surface area contributed by atoms with Gasteiger partial charge in [-0.15, -0.1) is 0 Å². The molecule has 1 aliphatic rings. The van der Waals surface area contributed by atoms with Crippen LogP contribution < -0.4 is 14.5 Å². The van der Waals surface area contributed by atoms with E-state index in [1.807, 2.05) is 6.20 Å². The monoisotopic (exact) mass is 878 g/mol. The maximum absolute atomic E-state index is 6.85. The van der Waals surface area contributed by atoms with Crippen molar-refractivity contribution in [2.45, 2.75) is 90.9 Å². The summed E-state index contributed by atoms with van der Waals surface area (Å²) in [5.74, 6) is 2.42. The Morgan fingerprint density at radius 1 is 0.403 bits per heavy atom. The molecular weight excluding hydrogens is 817 g/mol. The minimum absolute atomic E-state index is 0.0139. The molecule has 0 saturated heterocycles. The fraction of sp³-hybridized carbons (Fsp3) is 0.242. The molecule has 0 fully saturated rings. The molecule has 7 aromatic carbocycles. The van der Waals surface area contributed by atoms with Gasteiger partial charge in [0.25, 0.3) is 0 Å². The number of ether oxygens (including phenoxy) is 1. The van der Waals surface area contributed by atoms with Crippen LogP contribution in [0.5, 0.6) is 11.5 Å². The SMILES string of the molecule is CC(C)(C)c1cc(N2CN(c3cccc(Oc4ccc5c6ccccc6n(-c6cc(C(C)(C)c7ccccc7)ccn6)c5c4)c3)c3ccc(C(C)(C)C)cc32)cc(C(C)(C)c2ccccc2)c1. The number of benzene rings is 7. The van der Waals surface area contributed by atoms with E-state index in [4.69, 9.17) is 9.72 Å². The topological polar surface area (TPSA) is 33.5 Å². The Morgan fingerprint density at radius 3 is 1.72 bits per heavy atom. The van der Waals surface area contributed by atoms with Crippen molar-refractivity contribution in [1.82, 2.24) is 9.55 Å². The van der Waals surface area contributed by atoms with Crippen molar-refractivity contribution in [3.63, 3.8) is 0 Å². The molecule has 0 unspecified atom stereocenters. The Morgan fingerprint density at radius 2 is 1.01 bits per heavy atom. The van der Waals surface area contributed by atoms with Crippen molar-refractivity contribution < 1.29 is 4.74 Å². The summed E-state index contributed by atoms with van der Waals surface area (Å²) in [6.45, 7) is 23.8. The van der Waals surface area contributed by atoms with Crippen molar-refractivity contribution in [1.29, 1.82) is 0 Å². The first-order chi connectivity index (χ1) is 32.0. The molecule has 10 rings (SSSR count). The molecule has 67 heavy (non-hydrogen) atoms. The number of para-hydroxylation sites is 1. The van der Waals surface area contributed by atoms with Gasteiger partial charge in [0.05, 0.1) is 22.4 Å². The lowest BCUT2D eigenvalue weighted by Crippen LogP contribution is -2.26. The van der Waals surface area contributed by atoms with Gasteiger partial charge < -0.3 is 14.5 Å². The Bertz CT molecular complexity index is 3280. The summed E-state index contributed by atoms with van der Waals surface area (Å²) >= 11 is 0. The van der Waals surface area contributed by atoms with E-state index in [1.54, 1.807) is 0 Å². The molecule has 0 radical (unpaired) electrons. The molecule has 5 heteroatoms. The van der Waals surface area contributed by atoms with Crippen LogP contribution in [0, 0.1) is 0 Å². The molecule has 3 heterocycles. The van der Waals surface area contributed by atoms with E-state index in [-0.39, 0.29) is 21.7 Å². The molecule has 0 bridgehead atoms. The van der Waals surface area contributed by atoms with E-state index in [9.17, 15) is 0 Å². The standard InChI is InChI=1S/C62H62N4O/c1-59(2,3)44-28-31-55-57(37-44)65(49-35-46(60(4,5)6)34-47(36-49)62(9,10)43-22-15-12-16-23-43)41-64(55)48-24-19-25-50(39-48)67-51-29-30-53-52-26-17-18-27-54(52)66(56(53)40-51)58-38-45(32-33-63-58)61(7,8)42-20-13-11-14-21-42/h11-40H,41H2,1-10H3. The summed E-state index contributed by atoms with van der Waals surface area (Å²) in [6, 6.07) is 63.8. The van der Waals surface area contributed by atoms with E-state index >= 15 is 0 Å². The van der Waals surface area contributed by atoms with Gasteiger partial charge in [0, 0.05) is 51.3 Å². The van der Waals surface area contributed by atoms with Crippen LogP contribution in [-0.4, -0.2) is 16.2 Å². The third-order valence-electron chi connectivity index (χ3n) is 14.2. The molecule has 2 aromatic heterocycles. The minimum Gasteiger partial charge on any atom is -0.457 e. The van der Waals surface area contributed by atoms with Gasteiger partial charge >= 0.3 is 0 Å². The molecular formula is C62H62N4O. The van der Waals surface area contributed by atoms with Gasteiger partial charge in [-0.2, -0.15) is 0 Å². The molecule has 0 spiro atoms. The Labute approximate surface area is 397 Å². The second kappa shape index (κ2) is 16.3. The number of anilines is 4. The van der Waals surface area contributed by atoms with Crippen LogP contribution in [0.2, 0.25) is 0 Å². The normalized spacial score (nSPS) is 13.4. The number of hydrogen-bond donors (Lipinski definition) is 0. The second-order valence-electron chi connectivity index (χ2n) is 21.5. The summed E-state index contributed by atoms with van der Waals surface area (Å²) < 4.78 is 9.13. The zero-order chi connectivity index (χ0) is 46.9. The highest BCUT2D eigenvalue weighted by molar-refractivity contribution is 6.09. The first-order valence-corrected chi connectivity index (χ1v) is 23.7. The molecule has 0 saturated carbocycles. The fourth-order valence-corrected chi connectivity index (χ4v) is 9.81. The summed E-state index contributed by atoms with van der Waals surface area (Å²) in [4.78, 5) is 9.92. The summed E-state index contributed by atoms with van der Waals surface area (Å²) in [6.07, 6.45) is 1.94. The highest BCUT2D eigenvalue weighted by atomic mass is 16.5. The molecule has 0 N–H and O–H groups in total. The third-order valence-corrected chi connectivity index (χ3v) is 14.2. The number of nitrogens with zero attached hydrogens (tertiary/aromatic N) is 4. The van der Waals surface area contributed by atoms with Crippen molar-refractivity contribution in [2.24, 2.45) is 0 Å². The molecule has 0 amide bonds. The van der Waals surface area contributed by atoms with Crippen LogP contribution in [0.4, 0.5) is 22.7 Å². The van der Waals surface area contributed by atoms with Gasteiger partial charge in [-0.25, -0.2) is 4.98 Å². The first-order valence-electron chi connectivity index (χ1n) is 23.7. The Hall–Kier alpha value is -7.11. The molecule has 336 valence electrons. The van der Waals surface area contributed by atoms with Gasteiger partial charge in [-0.3, -0.25) is 4.57 Å². The average Bonchev–Trinajstić information content (AvgIpc) is 3.87. The second-order valence-corrected chi connectivity index (χ2v) is 21.5. The predicted molar refractivity (Wildman–Crippen MR) is 282 cm³/mol. The number of hydrogen-bond acceptors (Lipinski definition) is 4. The van der Waals surface area contributed by atoms with E-state index in [2.05, 4.69) is 260 Å². The molecule has 5 nitrogen and oxygen atoms in total. The van der Waals surface area contributed by atoms with Gasteiger partial charge in [0.1, 0.15) is 24.0 Å². The van der Waals surface area contributed by atoms with Gasteiger partial charge in [-0.1, -0.05) is 166 Å². The van der Waals surface area contributed by atoms with Crippen LogP contribution in [0.1, 0.15) is 103 Å². The Balaban J connectivity index is 1.03. The highest BCUT2D eigenvalue weighted by Gasteiger charge is 2.33. The van der Waals surface area contributed by atoms with Crippen LogP contribution in [0.3, 0.4) is 0 Å². The number of pyridine rings is 1. The molecule has 0 atom stereocenters. The van der Waals surface area contributed by atoms with Crippen molar-refractivity contribution in [2.75, 3.05) is 16.5 Å². The van der Waals surface area contributed by atoms with Crippen molar-refractivity contribution in [3.8, 4) is 17.3 Å². The van der Waals surface area contributed by atoms with E-state index in [1.165, 1.54) is 55.8 Å². The van der Waals surface area contributed by atoms with Crippen LogP contribution in [0.25, 0.3) is 27.6 Å². The van der Waals surface area contributed by atoms with Gasteiger partial charge in [0.2, 0.25) is 0 Å². The molecule has 1 aliphatic heterocycles. The predicted octanol–water partition coefficient (Wildman–Crippen LogP) is 16.5. The lowest BCUT2D eigenvalue weighted by Gasteiger charge is -2.32. The summed E-state index contributed by atoms with van der Waals surface area (Å²) in [5, 5.41) is 2.33. The van der Waals surface area contributed by atoms with E-state index in [0.29, 0.717) is 6.67 Å². The minimum atomic E-state index is -0.211. The lowest BCUT2D eigenvalue weighted by atomic mass is 9.75. The van der Waals surface area contributed by atoms with E-state index < -0.39 is 0 Å². The number of aromatic nitrogens is 2. The lowest BCUT2D eigenvalue weighted by molar-refractivity contribution is 0.483. The van der Waals surface area contributed by atoms with Crippen LogP contribution >= 0.6 is 0 Å². The van der Waals surface area contributed by atoms with Crippen molar-refractivity contribution in [3.05, 3.63) is 216 Å². The first kappa shape index (κ1) is 43.8. The van der Waals surface area contributed by atoms with Crippen molar-refractivity contribution >= 4 is 44.6 Å². The maximum Gasteiger partial charge on any atom is 0.137 e. The quantitative estimate of drug-likeness (QED) is 0.145. The van der Waals surface area contributed by atoms with Crippen LogP contribution in [0.15, 0.2) is 182 Å². The summed E-state index contributed by atoms with van der Waals surface area (Å²) in [7, 11) is 0. The average molecular weight is 879 g/mol. The third kappa shape index (κ3) is 8.05. The molecule has 0 aliphatic carbocycles. The fourth-order valence-electron chi connectivity index (χ4n) is 9.81. The maximum atomic E-state index is 6.85. The number of rotatable bonds is 9. The van der Waals surface area contributed by atoms with E-state index in [0.717, 1.165) is 39.4 Å². The zero-order valence-electron chi connectivity index (χ0n) is 40.7. The smallest absolute Gasteiger partial charge is 0.137 e. The van der Waals surface area contributed by atoms with Gasteiger partial charge in [0.15, 0.2) is 0 Å². The highest BCUT2D eigenvalue weighted by Crippen LogP contribution is 2.49. The summed E-state index contributed by atoms with van der Waals surface area (Å²) in [5.41, 5.74) is 14.0. The van der Waals surface area contributed by atoms with Crippen LogP contribution in [-0.2, 0) is 21.7 Å². The number of fused-ring (bicyclic) bond motifs is 4. The zero-order valence-corrected chi connectivity index (χ0v) is 40.7. The molecule has 9 aromatic rings. The van der Waals surface area contributed by atoms with Gasteiger partial charge in [-0.05, 0) is 111 Å². The largest absolute Gasteiger partial charge is 0.457 e.